The second kappa shape index (κ2) is 6.93. The van der Waals surface area contributed by atoms with Gasteiger partial charge in [0.15, 0.2) is 0 Å². The van der Waals surface area contributed by atoms with E-state index in [1.807, 2.05) is 46.1 Å². The van der Waals surface area contributed by atoms with E-state index in [4.69, 9.17) is 4.52 Å². The zero-order chi connectivity index (χ0) is 18.1. The number of fused-ring (bicyclic) bond motifs is 1. The molecule has 0 aliphatic heterocycles. The van der Waals surface area contributed by atoms with Crippen molar-refractivity contribution in [3.05, 3.63) is 40.0 Å². The number of nitrogens with zero attached hydrogens (tertiary/aromatic N) is 2. The van der Waals surface area contributed by atoms with Crippen LogP contribution in [0.3, 0.4) is 0 Å². The molecule has 0 spiro atoms. The fourth-order valence-electron chi connectivity index (χ4n) is 2.88. The summed E-state index contributed by atoms with van der Waals surface area (Å²) in [5.41, 5.74) is 3.83. The minimum atomic E-state index is -0.144. The zero-order valence-electron chi connectivity index (χ0n) is 14.8. The first kappa shape index (κ1) is 17.6. The van der Waals surface area contributed by atoms with E-state index in [1.54, 1.807) is 0 Å². The molecule has 0 fully saturated rings. The Kier molecular flexibility index (Phi) is 4.87. The van der Waals surface area contributed by atoms with Gasteiger partial charge in [-0.15, -0.1) is 12.6 Å². The standard InChI is InChI=1S/C18H22N4O2S/c1-10-17(11(2)24-21-10)12-7-14-13(16(25)8-12)9-15(18(23)20-14)19-5-6-22(3)4/h7-9,19,25H,5-6H2,1-4H3,(H,20,23). The number of aromatic amines is 1. The van der Waals surface area contributed by atoms with Crippen LogP contribution in [0.25, 0.3) is 22.0 Å². The van der Waals surface area contributed by atoms with Crippen molar-refractivity contribution in [3.8, 4) is 11.1 Å². The first-order valence-corrected chi connectivity index (χ1v) is 8.53. The third-order valence-corrected chi connectivity index (χ3v) is 4.51. The van der Waals surface area contributed by atoms with E-state index in [-0.39, 0.29) is 5.56 Å². The molecule has 7 heteroatoms. The molecule has 3 rings (SSSR count). The van der Waals surface area contributed by atoms with Crippen LogP contribution in [0, 0.1) is 13.8 Å². The number of anilines is 1. The van der Waals surface area contributed by atoms with E-state index in [0.717, 1.165) is 44.9 Å². The first-order valence-electron chi connectivity index (χ1n) is 8.08. The Morgan fingerprint density at radius 2 is 2.04 bits per heavy atom. The van der Waals surface area contributed by atoms with Crippen molar-refractivity contribution >= 4 is 29.2 Å². The van der Waals surface area contributed by atoms with Gasteiger partial charge in [-0.1, -0.05) is 5.16 Å². The van der Waals surface area contributed by atoms with Crippen LogP contribution in [0.15, 0.2) is 32.4 Å². The summed E-state index contributed by atoms with van der Waals surface area (Å²) >= 11 is 4.62. The van der Waals surface area contributed by atoms with Crippen molar-refractivity contribution in [1.29, 1.82) is 0 Å². The Morgan fingerprint density at radius 3 is 2.68 bits per heavy atom. The van der Waals surface area contributed by atoms with Gasteiger partial charge >= 0.3 is 0 Å². The van der Waals surface area contributed by atoms with Gasteiger partial charge in [-0.25, -0.2) is 0 Å². The molecular formula is C18H22N4O2S. The second-order valence-corrected chi connectivity index (χ2v) is 6.88. The molecule has 25 heavy (non-hydrogen) atoms. The lowest BCUT2D eigenvalue weighted by Gasteiger charge is -2.12. The maximum absolute atomic E-state index is 12.4. The van der Waals surface area contributed by atoms with Crippen LogP contribution in [-0.2, 0) is 0 Å². The number of nitrogens with one attached hydrogen (secondary N) is 2. The van der Waals surface area contributed by atoms with Crippen LogP contribution in [0.2, 0.25) is 0 Å². The predicted molar refractivity (Wildman–Crippen MR) is 104 cm³/mol. The minimum absolute atomic E-state index is 0.144. The molecule has 0 unspecified atom stereocenters. The third kappa shape index (κ3) is 3.57. The summed E-state index contributed by atoms with van der Waals surface area (Å²) in [6.07, 6.45) is 0. The fourth-order valence-corrected chi connectivity index (χ4v) is 3.20. The van der Waals surface area contributed by atoms with Gasteiger partial charge in [0.25, 0.3) is 5.56 Å². The summed E-state index contributed by atoms with van der Waals surface area (Å²) in [5, 5.41) is 8.07. The average molecular weight is 358 g/mol. The molecule has 1 aromatic carbocycles. The average Bonchev–Trinajstić information content (AvgIpc) is 2.86. The SMILES string of the molecule is Cc1noc(C)c1-c1cc(S)c2cc(NCCN(C)C)c(=O)[nH]c2c1. The number of aromatic nitrogens is 2. The van der Waals surface area contributed by atoms with Crippen molar-refractivity contribution in [2.24, 2.45) is 0 Å². The van der Waals surface area contributed by atoms with Crippen LogP contribution >= 0.6 is 12.6 Å². The monoisotopic (exact) mass is 358 g/mol. The molecule has 3 aromatic rings. The van der Waals surface area contributed by atoms with Crippen LogP contribution in [0.5, 0.6) is 0 Å². The van der Waals surface area contributed by atoms with Gasteiger partial charge in [0.2, 0.25) is 0 Å². The number of thiol groups is 1. The largest absolute Gasteiger partial charge is 0.379 e. The summed E-state index contributed by atoms with van der Waals surface area (Å²) in [6, 6.07) is 5.76. The fraction of sp³-hybridized carbons (Fsp3) is 0.333. The Balaban J connectivity index is 2.04. The topological polar surface area (TPSA) is 74.2 Å². The molecule has 0 atom stereocenters. The van der Waals surface area contributed by atoms with Crippen molar-refractivity contribution < 1.29 is 4.52 Å². The number of hydrogen-bond acceptors (Lipinski definition) is 6. The molecular weight excluding hydrogens is 336 g/mol. The van der Waals surface area contributed by atoms with E-state index >= 15 is 0 Å². The quantitative estimate of drug-likeness (QED) is 0.611. The highest BCUT2D eigenvalue weighted by Gasteiger charge is 2.14. The van der Waals surface area contributed by atoms with E-state index in [0.29, 0.717) is 12.2 Å². The van der Waals surface area contributed by atoms with Gasteiger partial charge < -0.3 is 19.7 Å². The van der Waals surface area contributed by atoms with Gasteiger partial charge in [0, 0.05) is 28.9 Å². The molecule has 2 aromatic heterocycles. The van der Waals surface area contributed by atoms with Gasteiger partial charge in [-0.05, 0) is 51.7 Å². The van der Waals surface area contributed by atoms with Crippen LogP contribution < -0.4 is 10.9 Å². The lowest BCUT2D eigenvalue weighted by atomic mass is 10.0. The summed E-state index contributed by atoms with van der Waals surface area (Å²) in [5.74, 6) is 0.744. The van der Waals surface area contributed by atoms with Crippen molar-refractivity contribution in [3.63, 3.8) is 0 Å². The smallest absolute Gasteiger partial charge is 0.271 e. The first-order chi connectivity index (χ1) is 11.9. The number of likely N-dealkylation sites (N-methyl/N-ethyl adjacent to an activating group) is 1. The highest BCUT2D eigenvalue weighted by atomic mass is 32.1. The maximum Gasteiger partial charge on any atom is 0.271 e. The summed E-state index contributed by atoms with van der Waals surface area (Å²) in [6.45, 7) is 5.31. The number of aryl methyl sites for hydroxylation is 2. The molecule has 0 aliphatic carbocycles. The molecule has 0 amide bonds. The third-order valence-electron chi connectivity index (χ3n) is 4.14. The molecule has 0 bridgehead atoms. The Bertz CT molecular complexity index is 956. The van der Waals surface area contributed by atoms with Gasteiger partial charge in [-0.3, -0.25) is 4.79 Å². The maximum atomic E-state index is 12.4. The molecule has 6 nitrogen and oxygen atoms in total. The summed E-state index contributed by atoms with van der Waals surface area (Å²) in [4.78, 5) is 18.2. The Labute approximate surface area is 151 Å². The van der Waals surface area contributed by atoms with Crippen molar-refractivity contribution in [2.45, 2.75) is 18.7 Å². The van der Waals surface area contributed by atoms with Gasteiger partial charge in [0.1, 0.15) is 11.4 Å². The zero-order valence-corrected chi connectivity index (χ0v) is 15.7. The van der Waals surface area contributed by atoms with E-state index in [2.05, 4.69) is 33.0 Å². The highest BCUT2D eigenvalue weighted by molar-refractivity contribution is 7.80. The molecule has 132 valence electrons. The van der Waals surface area contributed by atoms with E-state index in [1.165, 1.54) is 0 Å². The Hall–Kier alpha value is -2.25. The molecule has 2 N–H and O–H groups in total. The summed E-state index contributed by atoms with van der Waals surface area (Å²) < 4.78 is 5.25. The number of rotatable bonds is 5. The normalized spacial score (nSPS) is 11.4. The van der Waals surface area contributed by atoms with Crippen LogP contribution in [0.1, 0.15) is 11.5 Å². The molecule has 2 heterocycles. The molecule has 0 saturated carbocycles. The number of pyridine rings is 1. The lowest BCUT2D eigenvalue weighted by molar-refractivity contribution is 0.393. The minimum Gasteiger partial charge on any atom is -0.379 e. The molecule has 0 radical (unpaired) electrons. The lowest BCUT2D eigenvalue weighted by Crippen LogP contribution is -2.23. The van der Waals surface area contributed by atoms with Crippen molar-refractivity contribution in [1.82, 2.24) is 15.0 Å². The highest BCUT2D eigenvalue weighted by Crippen LogP contribution is 2.32. The predicted octanol–water partition coefficient (Wildman–Crippen LogP) is 3.06. The summed E-state index contributed by atoms with van der Waals surface area (Å²) in [7, 11) is 3.99. The second-order valence-electron chi connectivity index (χ2n) is 6.40. The van der Waals surface area contributed by atoms with Gasteiger partial charge in [0.05, 0.1) is 11.2 Å². The molecule has 0 saturated heterocycles. The Morgan fingerprint density at radius 1 is 1.28 bits per heavy atom. The van der Waals surface area contributed by atoms with Crippen LogP contribution in [-0.4, -0.2) is 42.2 Å². The van der Waals surface area contributed by atoms with E-state index in [9.17, 15) is 4.79 Å². The van der Waals surface area contributed by atoms with Crippen LogP contribution in [0.4, 0.5) is 5.69 Å². The van der Waals surface area contributed by atoms with Gasteiger partial charge in [-0.2, -0.15) is 0 Å². The number of hydrogen-bond donors (Lipinski definition) is 3. The number of H-pyrrole nitrogens is 1. The number of benzene rings is 1. The van der Waals surface area contributed by atoms with E-state index < -0.39 is 0 Å². The van der Waals surface area contributed by atoms with Crippen molar-refractivity contribution in [2.75, 3.05) is 32.5 Å². The molecule has 0 aliphatic rings.